The zero-order chi connectivity index (χ0) is 21.2. The average molecular weight is 438 g/mol. The van der Waals surface area contributed by atoms with Crippen molar-refractivity contribution in [1.82, 2.24) is 19.4 Å². The first-order valence-electron chi connectivity index (χ1n) is 10.5. The van der Waals surface area contributed by atoms with E-state index < -0.39 is 5.82 Å². The smallest absolute Gasteiger partial charge is 0.167 e. The van der Waals surface area contributed by atoms with Crippen LogP contribution in [0.5, 0.6) is 11.5 Å². The fraction of sp³-hybridized carbons (Fsp3) is 0.304. The molecule has 4 aromatic rings. The molecule has 160 valence electrons. The van der Waals surface area contributed by atoms with Crippen LogP contribution >= 0.6 is 11.3 Å². The summed E-state index contributed by atoms with van der Waals surface area (Å²) in [5.41, 5.74) is 7.70. The number of halogens is 1. The summed E-state index contributed by atoms with van der Waals surface area (Å²) in [4.78, 5) is 12.6. The standard InChI is InChI=1S/C23H24FN5OS/c24-17-12-16(25)4-5-20(17)30-21-6-7-26-18-13-22(31-23(18)21)19-14-29(15-27-19)11-10-28-8-2-1-3-9-28/h4-7,12-15H,1-3,8-11,25H2. The van der Waals surface area contributed by atoms with Gasteiger partial charge in [0.1, 0.15) is 5.75 Å². The molecule has 0 saturated carbocycles. The van der Waals surface area contributed by atoms with Gasteiger partial charge in [-0.3, -0.25) is 4.98 Å². The molecule has 0 amide bonds. The monoisotopic (exact) mass is 437 g/mol. The second kappa shape index (κ2) is 8.64. The number of fused-ring (bicyclic) bond motifs is 1. The van der Waals surface area contributed by atoms with E-state index in [4.69, 9.17) is 10.5 Å². The number of hydrogen-bond acceptors (Lipinski definition) is 6. The van der Waals surface area contributed by atoms with Gasteiger partial charge in [-0.05, 0) is 44.1 Å². The predicted octanol–water partition coefficient (Wildman–Crippen LogP) is 5.16. The highest BCUT2D eigenvalue weighted by molar-refractivity contribution is 7.22. The molecule has 1 fully saturated rings. The van der Waals surface area contributed by atoms with Gasteiger partial charge in [-0.1, -0.05) is 6.42 Å². The van der Waals surface area contributed by atoms with Gasteiger partial charge in [-0.2, -0.15) is 0 Å². The molecule has 0 unspecified atom stereocenters. The fourth-order valence-corrected chi connectivity index (χ4v) is 4.92. The Balaban J connectivity index is 1.35. The summed E-state index contributed by atoms with van der Waals surface area (Å²) in [6.07, 6.45) is 9.58. The molecule has 1 aliphatic heterocycles. The Morgan fingerprint density at radius 2 is 1.90 bits per heavy atom. The van der Waals surface area contributed by atoms with Gasteiger partial charge in [-0.15, -0.1) is 11.3 Å². The largest absolute Gasteiger partial charge is 0.453 e. The van der Waals surface area contributed by atoms with Crippen molar-refractivity contribution in [1.29, 1.82) is 0 Å². The maximum absolute atomic E-state index is 14.2. The number of thiophene rings is 1. The molecule has 0 bridgehead atoms. The summed E-state index contributed by atoms with van der Waals surface area (Å²) in [5, 5.41) is 0. The minimum Gasteiger partial charge on any atom is -0.453 e. The topological polar surface area (TPSA) is 69.2 Å². The van der Waals surface area contributed by atoms with Gasteiger partial charge in [0.05, 0.1) is 27.1 Å². The van der Waals surface area contributed by atoms with E-state index in [1.165, 1.54) is 44.5 Å². The van der Waals surface area contributed by atoms with Crippen molar-refractivity contribution in [2.45, 2.75) is 25.8 Å². The SMILES string of the molecule is Nc1ccc(Oc2ccnc3cc(-c4cn(CCN5CCCCC5)cn4)sc23)c(F)c1. The highest BCUT2D eigenvalue weighted by Crippen LogP contribution is 2.39. The molecule has 1 aromatic carbocycles. The lowest BCUT2D eigenvalue weighted by atomic mass is 10.1. The summed E-state index contributed by atoms with van der Waals surface area (Å²) in [6, 6.07) is 8.16. The Labute approximate surface area is 184 Å². The van der Waals surface area contributed by atoms with Gasteiger partial charge >= 0.3 is 0 Å². The van der Waals surface area contributed by atoms with Crippen LogP contribution in [0.15, 0.2) is 49.1 Å². The first kappa shape index (κ1) is 20.0. The van der Waals surface area contributed by atoms with Gasteiger partial charge in [0.15, 0.2) is 11.6 Å². The molecule has 2 N–H and O–H groups in total. The Kier molecular flexibility index (Phi) is 5.57. The number of rotatable bonds is 6. The maximum atomic E-state index is 14.2. The molecular weight excluding hydrogens is 413 g/mol. The predicted molar refractivity (Wildman–Crippen MR) is 122 cm³/mol. The van der Waals surface area contributed by atoms with E-state index in [1.54, 1.807) is 29.7 Å². The molecular formula is C23H24FN5OS. The molecule has 4 heterocycles. The number of nitrogen functional groups attached to an aromatic ring is 1. The number of nitrogens with two attached hydrogens (primary N) is 1. The zero-order valence-electron chi connectivity index (χ0n) is 17.1. The van der Waals surface area contributed by atoms with E-state index in [1.807, 2.05) is 12.4 Å². The Morgan fingerprint density at radius 1 is 1.03 bits per heavy atom. The number of imidazole rings is 1. The van der Waals surface area contributed by atoms with Crippen molar-refractivity contribution in [2.24, 2.45) is 0 Å². The summed E-state index contributed by atoms with van der Waals surface area (Å²) in [7, 11) is 0. The van der Waals surface area contributed by atoms with Crippen molar-refractivity contribution in [3.05, 3.63) is 54.9 Å². The van der Waals surface area contributed by atoms with E-state index >= 15 is 0 Å². The minimum atomic E-state index is -0.491. The molecule has 0 radical (unpaired) electrons. The third-order valence-corrected chi connectivity index (χ3v) is 6.72. The number of anilines is 1. The van der Waals surface area contributed by atoms with Gasteiger partial charge < -0.3 is 19.9 Å². The van der Waals surface area contributed by atoms with Crippen LogP contribution in [0.25, 0.3) is 20.8 Å². The van der Waals surface area contributed by atoms with Crippen LogP contribution in [-0.4, -0.2) is 39.1 Å². The lowest BCUT2D eigenvalue weighted by Gasteiger charge is -2.26. The average Bonchev–Trinajstić information content (AvgIpc) is 3.42. The summed E-state index contributed by atoms with van der Waals surface area (Å²) in [5.74, 6) is 0.210. The minimum absolute atomic E-state index is 0.138. The van der Waals surface area contributed by atoms with E-state index in [2.05, 4.69) is 25.6 Å². The Morgan fingerprint density at radius 3 is 2.74 bits per heavy atom. The highest BCUT2D eigenvalue weighted by atomic mass is 32.1. The van der Waals surface area contributed by atoms with Crippen LogP contribution in [-0.2, 0) is 6.54 Å². The third kappa shape index (κ3) is 4.40. The Bertz CT molecular complexity index is 1200. The lowest BCUT2D eigenvalue weighted by molar-refractivity contribution is 0.221. The van der Waals surface area contributed by atoms with Crippen molar-refractivity contribution < 1.29 is 9.13 Å². The molecule has 0 atom stereocenters. The lowest BCUT2D eigenvalue weighted by Crippen LogP contribution is -2.32. The number of nitrogens with zero attached hydrogens (tertiary/aromatic N) is 4. The molecule has 8 heteroatoms. The summed E-state index contributed by atoms with van der Waals surface area (Å²) >= 11 is 1.54. The fourth-order valence-electron chi connectivity index (χ4n) is 3.89. The summed E-state index contributed by atoms with van der Waals surface area (Å²) in [6.45, 7) is 4.37. The normalized spacial score (nSPS) is 14.9. The molecule has 0 aliphatic carbocycles. The molecule has 6 nitrogen and oxygen atoms in total. The van der Waals surface area contributed by atoms with Crippen LogP contribution in [0.4, 0.5) is 10.1 Å². The van der Waals surface area contributed by atoms with Crippen LogP contribution in [0.2, 0.25) is 0 Å². The van der Waals surface area contributed by atoms with Crippen molar-refractivity contribution in [3.63, 3.8) is 0 Å². The zero-order valence-corrected chi connectivity index (χ0v) is 17.9. The highest BCUT2D eigenvalue weighted by Gasteiger charge is 2.15. The second-order valence-corrected chi connectivity index (χ2v) is 8.88. The molecule has 1 saturated heterocycles. The number of likely N-dealkylation sites (tertiary alicyclic amines) is 1. The Hall–Kier alpha value is -2.97. The quantitative estimate of drug-likeness (QED) is 0.422. The van der Waals surface area contributed by atoms with E-state index in [0.29, 0.717) is 11.4 Å². The number of piperidine rings is 1. The van der Waals surface area contributed by atoms with Crippen LogP contribution in [0.3, 0.4) is 0 Å². The first-order chi connectivity index (χ1) is 15.2. The number of hydrogen-bond donors (Lipinski definition) is 1. The van der Waals surface area contributed by atoms with Crippen molar-refractivity contribution in [3.8, 4) is 22.1 Å². The van der Waals surface area contributed by atoms with E-state index in [0.717, 1.165) is 33.9 Å². The van der Waals surface area contributed by atoms with Gasteiger partial charge in [-0.25, -0.2) is 9.37 Å². The van der Waals surface area contributed by atoms with Crippen LogP contribution in [0.1, 0.15) is 19.3 Å². The van der Waals surface area contributed by atoms with Gasteiger partial charge in [0.2, 0.25) is 0 Å². The third-order valence-electron chi connectivity index (χ3n) is 5.56. The van der Waals surface area contributed by atoms with Crippen LogP contribution < -0.4 is 10.5 Å². The molecule has 1 aliphatic rings. The maximum Gasteiger partial charge on any atom is 0.167 e. The van der Waals surface area contributed by atoms with Crippen LogP contribution in [0, 0.1) is 5.82 Å². The van der Waals surface area contributed by atoms with E-state index in [-0.39, 0.29) is 5.75 Å². The molecule has 31 heavy (non-hydrogen) atoms. The van der Waals surface area contributed by atoms with Gasteiger partial charge in [0.25, 0.3) is 0 Å². The number of ether oxygens (including phenoxy) is 1. The number of pyridine rings is 1. The molecule has 5 rings (SSSR count). The van der Waals surface area contributed by atoms with Crippen molar-refractivity contribution >= 4 is 27.2 Å². The number of benzene rings is 1. The second-order valence-electron chi connectivity index (χ2n) is 7.83. The number of aromatic nitrogens is 3. The van der Waals surface area contributed by atoms with E-state index in [9.17, 15) is 4.39 Å². The summed E-state index contributed by atoms with van der Waals surface area (Å²) < 4.78 is 23.0. The van der Waals surface area contributed by atoms with Gasteiger partial charge in [0, 0.05) is 43.3 Å². The molecule has 0 spiro atoms. The molecule has 3 aromatic heterocycles. The first-order valence-corrected chi connectivity index (χ1v) is 11.3. The van der Waals surface area contributed by atoms with Crippen molar-refractivity contribution in [2.75, 3.05) is 25.4 Å².